The summed E-state index contributed by atoms with van der Waals surface area (Å²) in [6, 6.07) is 5.20. The zero-order valence-corrected chi connectivity index (χ0v) is 14.5. The number of benzene rings is 1. The van der Waals surface area contributed by atoms with E-state index in [2.05, 4.69) is 0 Å². The highest BCUT2D eigenvalue weighted by atomic mass is 32.2. The lowest BCUT2D eigenvalue weighted by Crippen LogP contribution is -2.34. The number of carbonyl (C=O) groups is 1. The van der Waals surface area contributed by atoms with E-state index >= 15 is 0 Å². The molecule has 1 heterocycles. The van der Waals surface area contributed by atoms with Crippen molar-refractivity contribution in [3.8, 4) is 11.5 Å². The Morgan fingerprint density at radius 1 is 1.33 bits per heavy atom. The van der Waals surface area contributed by atoms with Crippen LogP contribution in [0.5, 0.6) is 11.5 Å². The van der Waals surface area contributed by atoms with Crippen LogP contribution in [-0.2, 0) is 19.4 Å². The van der Waals surface area contributed by atoms with Crippen molar-refractivity contribution in [2.75, 3.05) is 25.7 Å². The Balaban J connectivity index is 2.05. The highest BCUT2D eigenvalue weighted by Gasteiger charge is 2.75. The van der Waals surface area contributed by atoms with Crippen LogP contribution in [0.4, 0.5) is 0 Å². The highest BCUT2D eigenvalue weighted by molar-refractivity contribution is 7.92. The fourth-order valence-corrected chi connectivity index (χ4v) is 5.60. The maximum absolute atomic E-state index is 12.5. The molecule has 0 bridgehead atoms. The number of hydrogen-bond donors (Lipinski definition) is 1. The molecular weight excluding hydrogens is 334 g/mol. The summed E-state index contributed by atoms with van der Waals surface area (Å²) < 4.78 is 40.9. The van der Waals surface area contributed by atoms with Crippen molar-refractivity contribution < 1.29 is 27.4 Å². The molecule has 1 aliphatic carbocycles. The van der Waals surface area contributed by atoms with Crippen LogP contribution in [0.3, 0.4) is 0 Å². The van der Waals surface area contributed by atoms with Crippen molar-refractivity contribution in [2.24, 2.45) is 11.1 Å². The van der Waals surface area contributed by atoms with Gasteiger partial charge < -0.3 is 19.9 Å². The number of sulfone groups is 1. The minimum absolute atomic E-state index is 0.0557. The van der Waals surface area contributed by atoms with Gasteiger partial charge in [0.15, 0.2) is 21.3 Å². The monoisotopic (exact) mass is 355 g/mol. The quantitative estimate of drug-likeness (QED) is 0.753. The minimum Gasteiger partial charge on any atom is -0.465 e. The van der Waals surface area contributed by atoms with Gasteiger partial charge in [-0.05, 0) is 24.6 Å². The van der Waals surface area contributed by atoms with Gasteiger partial charge in [0.25, 0.3) is 0 Å². The Hall–Kier alpha value is -1.80. The molecule has 1 fully saturated rings. The molecule has 1 aliphatic heterocycles. The molecule has 24 heavy (non-hydrogen) atoms. The summed E-state index contributed by atoms with van der Waals surface area (Å²) in [6.45, 7) is 3.46. The number of carbonyl (C=O) groups excluding carboxylic acids is 1. The molecule has 0 saturated heterocycles. The van der Waals surface area contributed by atoms with Crippen molar-refractivity contribution in [1.29, 1.82) is 0 Å². The van der Waals surface area contributed by atoms with Gasteiger partial charge in [0.05, 0.1) is 11.9 Å². The molecule has 7 nitrogen and oxygen atoms in total. The molecule has 0 radical (unpaired) electrons. The number of fused-ring (bicyclic) bond motifs is 1. The second-order valence-corrected chi connectivity index (χ2v) is 8.34. The SMILES string of the molecule is CCOC(=O)[C@]1(CN)[C@H](c2ccc3c(c2)OCO3)[C@H]1S(=O)(=O)CC. The number of esters is 1. The molecule has 0 spiro atoms. The molecule has 1 aromatic carbocycles. The van der Waals surface area contributed by atoms with E-state index in [1.54, 1.807) is 32.0 Å². The third-order valence-electron chi connectivity index (χ3n) is 4.79. The smallest absolute Gasteiger partial charge is 0.315 e. The molecule has 0 amide bonds. The summed E-state index contributed by atoms with van der Waals surface area (Å²) >= 11 is 0. The van der Waals surface area contributed by atoms with E-state index in [1.807, 2.05) is 0 Å². The zero-order chi connectivity index (χ0) is 17.5. The second kappa shape index (κ2) is 5.93. The molecular formula is C16H21NO6S. The average molecular weight is 355 g/mol. The summed E-state index contributed by atoms with van der Waals surface area (Å²) in [5.41, 5.74) is 5.32. The lowest BCUT2D eigenvalue weighted by atomic mass is 9.99. The van der Waals surface area contributed by atoms with Crippen LogP contribution in [-0.4, -0.2) is 45.3 Å². The van der Waals surface area contributed by atoms with Gasteiger partial charge in [0.1, 0.15) is 5.41 Å². The van der Waals surface area contributed by atoms with Gasteiger partial charge in [-0.1, -0.05) is 13.0 Å². The number of hydrogen-bond acceptors (Lipinski definition) is 7. The Morgan fingerprint density at radius 2 is 2.04 bits per heavy atom. The summed E-state index contributed by atoms with van der Waals surface area (Å²) in [4.78, 5) is 12.5. The number of rotatable bonds is 6. The van der Waals surface area contributed by atoms with Gasteiger partial charge in [-0.25, -0.2) is 8.42 Å². The van der Waals surface area contributed by atoms with Gasteiger partial charge in [0, 0.05) is 18.2 Å². The second-order valence-electron chi connectivity index (χ2n) is 5.93. The Labute approximate surface area is 141 Å². The van der Waals surface area contributed by atoms with E-state index in [0.717, 1.165) is 0 Å². The molecule has 1 saturated carbocycles. The van der Waals surface area contributed by atoms with Crippen LogP contribution in [0.1, 0.15) is 25.3 Å². The Kier molecular flexibility index (Phi) is 4.21. The van der Waals surface area contributed by atoms with Crippen molar-refractivity contribution in [3.05, 3.63) is 23.8 Å². The fraction of sp³-hybridized carbons (Fsp3) is 0.562. The number of ether oxygens (including phenoxy) is 3. The number of nitrogens with two attached hydrogens (primary N) is 1. The topological polar surface area (TPSA) is 105 Å². The predicted molar refractivity (Wildman–Crippen MR) is 86.7 cm³/mol. The van der Waals surface area contributed by atoms with Crippen molar-refractivity contribution in [1.82, 2.24) is 0 Å². The summed E-state index contributed by atoms with van der Waals surface area (Å²) in [6.07, 6.45) is 0. The van der Waals surface area contributed by atoms with Crippen molar-refractivity contribution in [3.63, 3.8) is 0 Å². The first kappa shape index (κ1) is 17.0. The lowest BCUT2D eigenvalue weighted by molar-refractivity contribution is -0.149. The van der Waals surface area contributed by atoms with Crippen LogP contribution in [0.2, 0.25) is 0 Å². The molecule has 8 heteroatoms. The molecule has 132 valence electrons. The minimum atomic E-state index is -3.47. The molecule has 2 N–H and O–H groups in total. The highest BCUT2D eigenvalue weighted by Crippen LogP contribution is 2.63. The molecule has 1 aromatic rings. The average Bonchev–Trinajstić information content (AvgIpc) is 3.07. The summed E-state index contributed by atoms with van der Waals surface area (Å²) in [7, 11) is -3.47. The predicted octanol–water partition coefficient (Wildman–Crippen LogP) is 0.824. The van der Waals surface area contributed by atoms with Gasteiger partial charge in [0.2, 0.25) is 6.79 Å². The third kappa shape index (κ3) is 2.36. The fourth-order valence-electron chi connectivity index (χ4n) is 3.53. The van der Waals surface area contributed by atoms with Gasteiger partial charge in [-0.2, -0.15) is 0 Å². The lowest BCUT2D eigenvalue weighted by Gasteiger charge is -2.14. The van der Waals surface area contributed by atoms with Crippen molar-refractivity contribution >= 4 is 15.8 Å². The first-order valence-electron chi connectivity index (χ1n) is 7.90. The van der Waals surface area contributed by atoms with Crippen LogP contribution in [0.15, 0.2) is 18.2 Å². The molecule has 3 rings (SSSR count). The van der Waals surface area contributed by atoms with Crippen LogP contribution in [0, 0.1) is 5.41 Å². The largest absolute Gasteiger partial charge is 0.465 e. The van der Waals surface area contributed by atoms with E-state index in [0.29, 0.717) is 17.1 Å². The normalized spacial score (nSPS) is 27.8. The van der Waals surface area contributed by atoms with Crippen LogP contribution < -0.4 is 15.2 Å². The van der Waals surface area contributed by atoms with Gasteiger partial charge in [-0.3, -0.25) is 4.79 Å². The standard InChI is InChI=1S/C16H21NO6S/c1-3-21-15(18)16(8-17)13(14(16)24(19,20)4-2)10-5-6-11-12(7-10)23-9-22-11/h5-7,13-14H,3-4,8-9,17H2,1-2H3/t13-,14-,16-/m1/s1. The molecule has 2 aliphatic rings. The maximum Gasteiger partial charge on any atom is 0.315 e. The van der Waals surface area contributed by atoms with Crippen LogP contribution in [0.25, 0.3) is 0 Å². The Bertz CT molecular complexity index is 762. The van der Waals surface area contributed by atoms with E-state index in [9.17, 15) is 13.2 Å². The van der Waals surface area contributed by atoms with Gasteiger partial charge >= 0.3 is 5.97 Å². The summed E-state index contributed by atoms with van der Waals surface area (Å²) in [5.74, 6) is -0.0105. The van der Waals surface area contributed by atoms with E-state index in [1.165, 1.54) is 0 Å². The summed E-state index contributed by atoms with van der Waals surface area (Å²) in [5, 5.41) is -0.876. The first-order valence-corrected chi connectivity index (χ1v) is 9.62. The molecule has 0 unspecified atom stereocenters. The first-order chi connectivity index (χ1) is 11.4. The Morgan fingerprint density at radius 3 is 2.67 bits per heavy atom. The zero-order valence-electron chi connectivity index (χ0n) is 13.7. The third-order valence-corrected chi connectivity index (χ3v) is 7.07. The molecule has 3 atom stereocenters. The van der Waals surface area contributed by atoms with Crippen molar-refractivity contribution in [2.45, 2.75) is 25.0 Å². The van der Waals surface area contributed by atoms with Gasteiger partial charge in [-0.15, -0.1) is 0 Å². The van der Waals surface area contributed by atoms with E-state index in [-0.39, 0.29) is 25.7 Å². The maximum atomic E-state index is 12.5. The van der Waals surface area contributed by atoms with E-state index < -0.39 is 32.4 Å². The van der Waals surface area contributed by atoms with E-state index in [4.69, 9.17) is 19.9 Å². The van der Waals surface area contributed by atoms with Crippen LogP contribution >= 0.6 is 0 Å². The molecule has 0 aromatic heterocycles.